The van der Waals surface area contributed by atoms with Crippen molar-refractivity contribution in [1.82, 2.24) is 5.32 Å². The fourth-order valence-corrected chi connectivity index (χ4v) is 2.86. The molecule has 2 rings (SSSR count). The van der Waals surface area contributed by atoms with Crippen LogP contribution in [0, 0.1) is 0 Å². The Labute approximate surface area is 123 Å². The van der Waals surface area contributed by atoms with E-state index >= 15 is 0 Å². The third-order valence-electron chi connectivity index (χ3n) is 4.16. The van der Waals surface area contributed by atoms with Crippen molar-refractivity contribution in [3.63, 3.8) is 0 Å². The van der Waals surface area contributed by atoms with Crippen LogP contribution in [0.5, 0.6) is 5.75 Å². The zero-order chi connectivity index (χ0) is 14.4. The minimum atomic E-state index is 0.222. The van der Waals surface area contributed by atoms with E-state index in [2.05, 4.69) is 50.4 Å². The van der Waals surface area contributed by atoms with E-state index in [0.717, 1.165) is 12.3 Å². The molecule has 1 N–H and O–H groups in total. The van der Waals surface area contributed by atoms with Gasteiger partial charge in [0.15, 0.2) is 0 Å². The number of benzene rings is 1. The van der Waals surface area contributed by atoms with Crippen LogP contribution in [-0.4, -0.2) is 18.7 Å². The first-order chi connectivity index (χ1) is 9.65. The Morgan fingerprint density at radius 3 is 2.60 bits per heavy atom. The lowest BCUT2D eigenvalue weighted by atomic mass is 9.95. The van der Waals surface area contributed by atoms with Crippen LogP contribution in [0.2, 0.25) is 0 Å². The highest BCUT2D eigenvalue weighted by Crippen LogP contribution is 2.21. The standard InChI is InChI=1S/C18H29NO/c1-14(2)16-8-7-11-18(12-16)20-15(3)13-19-17-9-5-4-6-10-17/h7-8,11-12,14-15,17,19H,4-6,9-10,13H2,1-3H3. The molecule has 1 aliphatic rings. The van der Waals surface area contributed by atoms with Crippen molar-refractivity contribution in [2.24, 2.45) is 0 Å². The molecule has 1 saturated carbocycles. The van der Waals surface area contributed by atoms with Crippen molar-refractivity contribution in [2.45, 2.75) is 70.9 Å². The molecule has 0 spiro atoms. The van der Waals surface area contributed by atoms with Gasteiger partial charge in [-0.1, -0.05) is 45.2 Å². The van der Waals surface area contributed by atoms with Gasteiger partial charge in [-0.3, -0.25) is 0 Å². The quantitative estimate of drug-likeness (QED) is 0.825. The summed E-state index contributed by atoms with van der Waals surface area (Å²) in [6.07, 6.45) is 7.05. The Kier molecular flexibility index (Phi) is 5.90. The van der Waals surface area contributed by atoms with Crippen LogP contribution in [0.1, 0.15) is 64.4 Å². The number of nitrogens with one attached hydrogen (secondary N) is 1. The van der Waals surface area contributed by atoms with Gasteiger partial charge in [0.25, 0.3) is 0 Å². The van der Waals surface area contributed by atoms with Gasteiger partial charge in [-0.15, -0.1) is 0 Å². The first kappa shape index (κ1) is 15.4. The van der Waals surface area contributed by atoms with Crippen LogP contribution in [0.4, 0.5) is 0 Å². The molecule has 112 valence electrons. The molecule has 1 aromatic carbocycles. The van der Waals surface area contributed by atoms with Gasteiger partial charge in [0.05, 0.1) is 0 Å². The smallest absolute Gasteiger partial charge is 0.120 e. The molecule has 2 heteroatoms. The highest BCUT2D eigenvalue weighted by atomic mass is 16.5. The molecule has 1 fully saturated rings. The monoisotopic (exact) mass is 275 g/mol. The summed E-state index contributed by atoms with van der Waals surface area (Å²) in [7, 11) is 0. The molecule has 0 aliphatic heterocycles. The van der Waals surface area contributed by atoms with Crippen molar-refractivity contribution >= 4 is 0 Å². The molecular weight excluding hydrogens is 246 g/mol. The summed E-state index contributed by atoms with van der Waals surface area (Å²) in [5.74, 6) is 1.54. The SMILES string of the molecule is CC(CNC1CCCCC1)Oc1cccc(C(C)C)c1. The Balaban J connectivity index is 1.78. The summed E-state index contributed by atoms with van der Waals surface area (Å²) in [5, 5.41) is 3.65. The second kappa shape index (κ2) is 7.68. The number of hydrogen-bond donors (Lipinski definition) is 1. The fourth-order valence-electron chi connectivity index (χ4n) is 2.86. The minimum Gasteiger partial charge on any atom is -0.489 e. The summed E-state index contributed by atoms with van der Waals surface area (Å²) < 4.78 is 6.03. The van der Waals surface area contributed by atoms with Crippen LogP contribution in [0.25, 0.3) is 0 Å². The molecule has 20 heavy (non-hydrogen) atoms. The van der Waals surface area contributed by atoms with Crippen LogP contribution in [0.3, 0.4) is 0 Å². The second-order valence-electron chi connectivity index (χ2n) is 6.40. The van der Waals surface area contributed by atoms with Gasteiger partial charge in [0, 0.05) is 12.6 Å². The van der Waals surface area contributed by atoms with E-state index in [1.54, 1.807) is 0 Å². The Hall–Kier alpha value is -1.02. The highest BCUT2D eigenvalue weighted by molar-refractivity contribution is 5.30. The molecule has 0 bridgehead atoms. The van der Waals surface area contributed by atoms with E-state index in [4.69, 9.17) is 4.74 Å². The lowest BCUT2D eigenvalue weighted by Crippen LogP contribution is -2.37. The molecule has 0 aromatic heterocycles. The van der Waals surface area contributed by atoms with Crippen LogP contribution in [-0.2, 0) is 0 Å². The Bertz CT molecular complexity index is 396. The zero-order valence-corrected chi connectivity index (χ0v) is 13.2. The van der Waals surface area contributed by atoms with Crippen molar-refractivity contribution in [1.29, 1.82) is 0 Å². The molecule has 0 heterocycles. The Morgan fingerprint density at radius 1 is 1.15 bits per heavy atom. The average Bonchev–Trinajstić information content (AvgIpc) is 2.46. The lowest BCUT2D eigenvalue weighted by molar-refractivity contribution is 0.205. The maximum absolute atomic E-state index is 6.03. The predicted octanol–water partition coefficient (Wildman–Crippen LogP) is 4.50. The molecule has 0 radical (unpaired) electrons. The van der Waals surface area contributed by atoms with Crippen molar-refractivity contribution in [2.75, 3.05) is 6.54 Å². The molecular formula is C18H29NO. The Morgan fingerprint density at radius 2 is 1.90 bits per heavy atom. The van der Waals surface area contributed by atoms with Crippen LogP contribution >= 0.6 is 0 Å². The number of ether oxygens (including phenoxy) is 1. The molecule has 1 aromatic rings. The molecule has 1 atom stereocenters. The average molecular weight is 275 g/mol. The van der Waals surface area contributed by atoms with E-state index in [9.17, 15) is 0 Å². The molecule has 0 amide bonds. The van der Waals surface area contributed by atoms with E-state index in [0.29, 0.717) is 12.0 Å². The van der Waals surface area contributed by atoms with E-state index in [1.165, 1.54) is 37.7 Å². The van der Waals surface area contributed by atoms with E-state index in [1.807, 2.05) is 0 Å². The summed E-state index contributed by atoms with van der Waals surface area (Å²) >= 11 is 0. The molecule has 2 nitrogen and oxygen atoms in total. The van der Waals surface area contributed by atoms with Crippen molar-refractivity contribution in [3.8, 4) is 5.75 Å². The van der Waals surface area contributed by atoms with Gasteiger partial charge >= 0.3 is 0 Å². The zero-order valence-electron chi connectivity index (χ0n) is 13.2. The number of hydrogen-bond acceptors (Lipinski definition) is 2. The molecule has 1 aliphatic carbocycles. The summed E-state index contributed by atoms with van der Waals surface area (Å²) in [5.41, 5.74) is 1.34. The fraction of sp³-hybridized carbons (Fsp3) is 0.667. The van der Waals surface area contributed by atoms with Gasteiger partial charge in [0.1, 0.15) is 11.9 Å². The minimum absolute atomic E-state index is 0.222. The van der Waals surface area contributed by atoms with E-state index in [-0.39, 0.29) is 6.10 Å². The second-order valence-corrected chi connectivity index (χ2v) is 6.40. The van der Waals surface area contributed by atoms with Gasteiger partial charge in [0.2, 0.25) is 0 Å². The van der Waals surface area contributed by atoms with Gasteiger partial charge in [-0.2, -0.15) is 0 Å². The van der Waals surface area contributed by atoms with Crippen molar-refractivity contribution < 1.29 is 4.74 Å². The largest absolute Gasteiger partial charge is 0.489 e. The predicted molar refractivity (Wildman–Crippen MR) is 85.5 cm³/mol. The van der Waals surface area contributed by atoms with Crippen molar-refractivity contribution in [3.05, 3.63) is 29.8 Å². The summed E-state index contributed by atoms with van der Waals surface area (Å²) in [4.78, 5) is 0. The lowest BCUT2D eigenvalue weighted by Gasteiger charge is -2.25. The molecule has 0 saturated heterocycles. The van der Waals surface area contributed by atoms with Crippen LogP contribution < -0.4 is 10.1 Å². The first-order valence-electron chi connectivity index (χ1n) is 8.15. The first-order valence-corrected chi connectivity index (χ1v) is 8.15. The highest BCUT2D eigenvalue weighted by Gasteiger charge is 2.14. The third-order valence-corrected chi connectivity index (χ3v) is 4.16. The summed E-state index contributed by atoms with van der Waals surface area (Å²) in [6.45, 7) is 7.52. The van der Waals surface area contributed by atoms with Gasteiger partial charge < -0.3 is 10.1 Å². The van der Waals surface area contributed by atoms with Gasteiger partial charge in [-0.25, -0.2) is 0 Å². The normalized spacial score (nSPS) is 18.2. The van der Waals surface area contributed by atoms with Crippen LogP contribution in [0.15, 0.2) is 24.3 Å². The maximum Gasteiger partial charge on any atom is 0.120 e. The molecule has 1 unspecified atom stereocenters. The third kappa shape index (κ3) is 4.82. The van der Waals surface area contributed by atoms with Gasteiger partial charge in [-0.05, 0) is 43.4 Å². The van der Waals surface area contributed by atoms with E-state index < -0.39 is 0 Å². The summed E-state index contributed by atoms with van der Waals surface area (Å²) in [6, 6.07) is 9.19. The topological polar surface area (TPSA) is 21.3 Å². The number of rotatable bonds is 6. The maximum atomic E-state index is 6.03.